The third-order valence-electron chi connectivity index (χ3n) is 5.96. The smallest absolute Gasteiger partial charge is 0.254 e. The van der Waals surface area contributed by atoms with E-state index in [0.717, 1.165) is 11.1 Å². The Morgan fingerprint density at radius 2 is 1.17 bits per heavy atom. The van der Waals surface area contributed by atoms with Crippen LogP contribution in [0.5, 0.6) is 0 Å². The molecule has 4 rings (SSSR count). The molecule has 0 aliphatic carbocycles. The molecule has 5 nitrogen and oxygen atoms in total. The monoisotopic (exact) mass is 462 g/mol. The Balaban J connectivity index is 1.64. The van der Waals surface area contributed by atoms with Gasteiger partial charge in [-0.1, -0.05) is 103 Å². The van der Waals surface area contributed by atoms with E-state index in [-0.39, 0.29) is 17.8 Å². The van der Waals surface area contributed by atoms with E-state index in [1.807, 2.05) is 95.9 Å². The number of amides is 1. The molecule has 1 amide bonds. The molecule has 0 bridgehead atoms. The van der Waals surface area contributed by atoms with Crippen LogP contribution in [0.4, 0.5) is 0 Å². The zero-order chi connectivity index (χ0) is 24.5. The molecule has 0 aliphatic rings. The first-order chi connectivity index (χ1) is 17.1. The van der Waals surface area contributed by atoms with Crippen LogP contribution in [-0.4, -0.2) is 23.3 Å². The largest absolute Gasteiger partial charge is 0.370 e. The van der Waals surface area contributed by atoms with Crippen molar-refractivity contribution in [3.05, 3.63) is 143 Å². The van der Waals surface area contributed by atoms with Crippen molar-refractivity contribution in [2.24, 2.45) is 16.5 Å². The molecule has 0 radical (unpaired) electrons. The molecule has 0 heterocycles. The lowest BCUT2D eigenvalue weighted by molar-refractivity contribution is 0.0737. The van der Waals surface area contributed by atoms with Gasteiger partial charge in [-0.2, -0.15) is 0 Å². The molecule has 0 atom stereocenters. The summed E-state index contributed by atoms with van der Waals surface area (Å²) in [5.41, 5.74) is 16.0. The second kappa shape index (κ2) is 11.7. The summed E-state index contributed by atoms with van der Waals surface area (Å²) < 4.78 is 0. The minimum Gasteiger partial charge on any atom is -0.370 e. The molecule has 4 aromatic carbocycles. The number of rotatable bonds is 9. The fourth-order valence-electron chi connectivity index (χ4n) is 4.13. The summed E-state index contributed by atoms with van der Waals surface area (Å²) in [6.45, 7) is 1.48. The lowest BCUT2D eigenvalue weighted by atomic mass is 9.90. The van der Waals surface area contributed by atoms with Crippen molar-refractivity contribution in [1.29, 1.82) is 0 Å². The van der Waals surface area contributed by atoms with E-state index in [0.29, 0.717) is 25.2 Å². The number of nitrogens with zero attached hydrogens (tertiary/aromatic N) is 2. The first-order valence-corrected chi connectivity index (χ1v) is 11.7. The van der Waals surface area contributed by atoms with Gasteiger partial charge >= 0.3 is 0 Å². The van der Waals surface area contributed by atoms with Gasteiger partial charge in [0.2, 0.25) is 0 Å². The van der Waals surface area contributed by atoms with Gasteiger partial charge in [-0.15, -0.1) is 0 Å². The highest BCUT2D eigenvalue weighted by atomic mass is 16.2. The highest BCUT2D eigenvalue weighted by molar-refractivity contribution is 5.94. The maximum Gasteiger partial charge on any atom is 0.254 e. The van der Waals surface area contributed by atoms with Crippen LogP contribution in [0.25, 0.3) is 0 Å². The number of carbonyl (C=O) groups is 1. The van der Waals surface area contributed by atoms with Crippen molar-refractivity contribution in [1.82, 2.24) is 4.90 Å². The Hall–Kier alpha value is -4.38. The van der Waals surface area contributed by atoms with Crippen LogP contribution < -0.4 is 11.5 Å². The molecule has 4 N–H and O–H groups in total. The maximum absolute atomic E-state index is 13.7. The molecule has 0 aliphatic heterocycles. The normalized spacial score (nSPS) is 10.7. The predicted molar refractivity (Wildman–Crippen MR) is 142 cm³/mol. The average molecular weight is 463 g/mol. The average Bonchev–Trinajstić information content (AvgIpc) is 2.91. The number of carbonyl (C=O) groups excluding carboxylic acids is 1. The summed E-state index contributed by atoms with van der Waals surface area (Å²) in [5, 5.41) is 0. The van der Waals surface area contributed by atoms with Crippen molar-refractivity contribution in [2.45, 2.75) is 19.0 Å². The van der Waals surface area contributed by atoms with Crippen molar-refractivity contribution < 1.29 is 4.79 Å². The molecular weight excluding hydrogens is 432 g/mol. The minimum atomic E-state index is 0.00652. The van der Waals surface area contributed by atoms with Gasteiger partial charge in [-0.05, 0) is 34.4 Å². The summed E-state index contributed by atoms with van der Waals surface area (Å²) in [7, 11) is 0. The molecule has 0 saturated carbocycles. The molecule has 0 unspecified atom stereocenters. The Morgan fingerprint density at radius 3 is 1.69 bits per heavy atom. The first kappa shape index (κ1) is 23.8. The molecule has 35 heavy (non-hydrogen) atoms. The minimum absolute atomic E-state index is 0.00652. The number of nitrogens with two attached hydrogens (primary N) is 2. The van der Waals surface area contributed by atoms with Crippen LogP contribution >= 0.6 is 0 Å². The highest BCUT2D eigenvalue weighted by Crippen LogP contribution is 2.27. The van der Waals surface area contributed by atoms with Crippen LogP contribution in [0, 0.1) is 0 Å². The van der Waals surface area contributed by atoms with E-state index < -0.39 is 0 Å². The number of benzene rings is 4. The van der Waals surface area contributed by atoms with Gasteiger partial charge in [-0.3, -0.25) is 4.79 Å². The number of hydrogen-bond donors (Lipinski definition) is 2. The quantitative estimate of drug-likeness (QED) is 0.273. The van der Waals surface area contributed by atoms with Gasteiger partial charge in [-0.25, -0.2) is 4.99 Å². The van der Waals surface area contributed by atoms with Gasteiger partial charge in [0.05, 0.1) is 6.54 Å². The van der Waals surface area contributed by atoms with E-state index in [1.165, 1.54) is 11.1 Å². The van der Waals surface area contributed by atoms with E-state index in [1.54, 1.807) is 0 Å². The molecular formula is C30H30N4O. The third kappa shape index (κ3) is 6.58. The summed E-state index contributed by atoms with van der Waals surface area (Å²) in [5.74, 6) is 0.125. The van der Waals surface area contributed by atoms with Crippen molar-refractivity contribution >= 4 is 11.9 Å². The van der Waals surface area contributed by atoms with Crippen LogP contribution in [0.15, 0.2) is 120 Å². The van der Waals surface area contributed by atoms with Gasteiger partial charge in [0.15, 0.2) is 5.96 Å². The zero-order valence-corrected chi connectivity index (χ0v) is 19.6. The highest BCUT2D eigenvalue weighted by Gasteiger charge is 2.23. The number of guanidine groups is 1. The van der Waals surface area contributed by atoms with Crippen LogP contribution in [0.3, 0.4) is 0 Å². The SMILES string of the molecule is NC(N)=NCc1ccc(CN(CC(c2ccccc2)c2ccccc2)C(=O)c2ccccc2)cc1. The van der Waals surface area contributed by atoms with Gasteiger partial charge in [0.1, 0.15) is 0 Å². The van der Waals surface area contributed by atoms with Gasteiger partial charge in [0, 0.05) is 24.6 Å². The second-order valence-electron chi connectivity index (χ2n) is 8.48. The third-order valence-corrected chi connectivity index (χ3v) is 5.96. The fourth-order valence-corrected chi connectivity index (χ4v) is 4.13. The maximum atomic E-state index is 13.7. The summed E-state index contributed by atoms with van der Waals surface area (Å²) in [4.78, 5) is 19.7. The Labute approximate surface area is 206 Å². The molecule has 0 saturated heterocycles. The second-order valence-corrected chi connectivity index (χ2v) is 8.48. The number of aliphatic imine (C=N–C) groups is 1. The topological polar surface area (TPSA) is 84.7 Å². The van der Waals surface area contributed by atoms with E-state index in [9.17, 15) is 4.79 Å². The standard InChI is InChI=1S/C30H30N4O/c31-30(32)33-20-23-16-18-24(19-17-23)21-34(29(35)27-14-8-3-9-15-27)22-28(25-10-4-1-5-11-25)26-12-6-2-7-13-26/h1-19,28H,20-22H2,(H4,31,32,33). The van der Waals surface area contributed by atoms with Crippen LogP contribution in [0.1, 0.15) is 38.5 Å². The summed E-state index contributed by atoms with van der Waals surface area (Å²) in [6, 6.07) is 38.2. The Bertz CT molecular complexity index is 1200. The summed E-state index contributed by atoms with van der Waals surface area (Å²) >= 11 is 0. The molecule has 5 heteroatoms. The van der Waals surface area contributed by atoms with Gasteiger partial charge < -0.3 is 16.4 Å². The van der Waals surface area contributed by atoms with Crippen LogP contribution in [-0.2, 0) is 13.1 Å². The Morgan fingerprint density at radius 1 is 0.686 bits per heavy atom. The molecule has 0 spiro atoms. The fraction of sp³-hybridized carbons (Fsp3) is 0.133. The van der Waals surface area contributed by atoms with Gasteiger partial charge in [0.25, 0.3) is 5.91 Å². The first-order valence-electron chi connectivity index (χ1n) is 11.7. The summed E-state index contributed by atoms with van der Waals surface area (Å²) in [6.07, 6.45) is 0. The van der Waals surface area contributed by atoms with Crippen molar-refractivity contribution in [3.8, 4) is 0 Å². The molecule has 4 aromatic rings. The van der Waals surface area contributed by atoms with Crippen LogP contribution in [0.2, 0.25) is 0 Å². The molecule has 176 valence electrons. The lowest BCUT2D eigenvalue weighted by Gasteiger charge is -2.29. The van der Waals surface area contributed by atoms with Crippen molar-refractivity contribution in [2.75, 3.05) is 6.54 Å². The molecule has 0 fully saturated rings. The van der Waals surface area contributed by atoms with Crippen molar-refractivity contribution in [3.63, 3.8) is 0 Å². The van der Waals surface area contributed by atoms with E-state index in [4.69, 9.17) is 11.5 Å². The van der Waals surface area contributed by atoms with E-state index >= 15 is 0 Å². The molecule has 0 aromatic heterocycles. The number of hydrogen-bond acceptors (Lipinski definition) is 2. The predicted octanol–water partition coefficient (Wildman–Crippen LogP) is 4.93. The van der Waals surface area contributed by atoms with E-state index in [2.05, 4.69) is 29.3 Å². The Kier molecular flexibility index (Phi) is 7.92. The zero-order valence-electron chi connectivity index (χ0n) is 19.6. The lowest BCUT2D eigenvalue weighted by Crippen LogP contribution is -2.34.